The Morgan fingerprint density at radius 1 is 1.19 bits per heavy atom. The van der Waals surface area contributed by atoms with Crippen molar-refractivity contribution in [3.8, 4) is 5.75 Å². The number of fused-ring (bicyclic) bond motifs is 3. The summed E-state index contributed by atoms with van der Waals surface area (Å²) in [5.41, 5.74) is 3.47. The van der Waals surface area contributed by atoms with E-state index in [1.165, 1.54) is 4.57 Å². The molecular formula is C20H22N4O3. The minimum Gasteiger partial charge on any atom is -0.497 e. The number of hydrogen-bond acceptors (Lipinski definition) is 4. The molecule has 1 aromatic carbocycles. The van der Waals surface area contributed by atoms with Crippen LogP contribution >= 0.6 is 0 Å². The average molecular weight is 366 g/mol. The van der Waals surface area contributed by atoms with E-state index in [2.05, 4.69) is 10.4 Å². The molecule has 0 unspecified atom stereocenters. The Morgan fingerprint density at radius 2 is 1.96 bits per heavy atom. The Balaban J connectivity index is 1.48. The van der Waals surface area contributed by atoms with Crippen LogP contribution in [0.25, 0.3) is 5.52 Å². The zero-order valence-corrected chi connectivity index (χ0v) is 15.3. The highest BCUT2D eigenvalue weighted by Gasteiger charge is 2.20. The van der Waals surface area contributed by atoms with Gasteiger partial charge in [0, 0.05) is 24.5 Å². The number of amides is 1. The van der Waals surface area contributed by atoms with Crippen molar-refractivity contribution < 1.29 is 9.53 Å². The van der Waals surface area contributed by atoms with E-state index in [0.717, 1.165) is 48.3 Å². The molecule has 3 aromatic rings. The van der Waals surface area contributed by atoms with Gasteiger partial charge in [0.2, 0.25) is 5.91 Å². The molecule has 0 saturated heterocycles. The number of methoxy groups -OCH3 is 1. The maximum Gasteiger partial charge on any atom is 0.277 e. The average Bonchev–Trinajstić information content (AvgIpc) is 3.08. The molecule has 140 valence electrons. The number of carbonyl (C=O) groups excluding carboxylic acids is 1. The van der Waals surface area contributed by atoms with Crippen LogP contribution in [0, 0.1) is 0 Å². The quantitative estimate of drug-likeness (QED) is 0.746. The highest BCUT2D eigenvalue weighted by Crippen LogP contribution is 2.22. The molecule has 0 saturated carbocycles. The molecule has 4 rings (SSSR count). The van der Waals surface area contributed by atoms with E-state index in [4.69, 9.17) is 4.74 Å². The van der Waals surface area contributed by atoms with Crippen molar-refractivity contribution in [2.45, 2.75) is 38.8 Å². The Bertz CT molecular complexity index is 1030. The van der Waals surface area contributed by atoms with Crippen molar-refractivity contribution in [1.82, 2.24) is 19.5 Å². The summed E-state index contributed by atoms with van der Waals surface area (Å²) in [4.78, 5) is 25.2. The van der Waals surface area contributed by atoms with Crippen LogP contribution in [0.2, 0.25) is 0 Å². The Hall–Kier alpha value is -3.09. The van der Waals surface area contributed by atoms with Gasteiger partial charge in [-0.15, -0.1) is 0 Å². The summed E-state index contributed by atoms with van der Waals surface area (Å²) in [7, 11) is 1.61. The number of nitrogens with zero attached hydrogens (tertiary/aromatic N) is 3. The van der Waals surface area contributed by atoms with Gasteiger partial charge >= 0.3 is 0 Å². The molecule has 1 aliphatic carbocycles. The smallest absolute Gasteiger partial charge is 0.277 e. The zero-order valence-electron chi connectivity index (χ0n) is 15.3. The fraction of sp³-hybridized carbons (Fsp3) is 0.350. The predicted molar refractivity (Wildman–Crippen MR) is 101 cm³/mol. The molecule has 2 aromatic heterocycles. The highest BCUT2D eigenvalue weighted by molar-refractivity contribution is 5.75. The molecule has 27 heavy (non-hydrogen) atoms. The second-order valence-electron chi connectivity index (χ2n) is 6.78. The van der Waals surface area contributed by atoms with Gasteiger partial charge in [-0.3, -0.25) is 9.59 Å². The third-order valence-corrected chi connectivity index (χ3v) is 5.00. The second kappa shape index (κ2) is 7.26. The third kappa shape index (κ3) is 3.45. The van der Waals surface area contributed by atoms with Crippen molar-refractivity contribution in [2.24, 2.45) is 0 Å². The van der Waals surface area contributed by atoms with Gasteiger partial charge in [0.25, 0.3) is 5.56 Å². The Labute approximate surface area is 156 Å². The molecule has 0 bridgehead atoms. The van der Waals surface area contributed by atoms with Gasteiger partial charge in [0.15, 0.2) is 0 Å². The lowest BCUT2D eigenvalue weighted by Gasteiger charge is -2.10. The van der Waals surface area contributed by atoms with Crippen molar-refractivity contribution in [1.29, 1.82) is 0 Å². The van der Waals surface area contributed by atoms with E-state index < -0.39 is 0 Å². The first-order valence-corrected chi connectivity index (χ1v) is 9.15. The zero-order chi connectivity index (χ0) is 18.8. The van der Waals surface area contributed by atoms with Gasteiger partial charge < -0.3 is 14.6 Å². The molecule has 1 N–H and O–H groups in total. The number of rotatable bonds is 5. The van der Waals surface area contributed by atoms with Crippen LogP contribution < -0.4 is 15.6 Å². The number of nitrogens with one attached hydrogen (secondary N) is 1. The molecule has 1 aliphatic rings. The van der Waals surface area contributed by atoms with E-state index in [9.17, 15) is 9.59 Å². The van der Waals surface area contributed by atoms with Crippen LogP contribution in [0.3, 0.4) is 0 Å². The van der Waals surface area contributed by atoms with Crippen LogP contribution in [0.4, 0.5) is 0 Å². The van der Waals surface area contributed by atoms with Crippen molar-refractivity contribution in [2.75, 3.05) is 7.11 Å². The lowest BCUT2D eigenvalue weighted by molar-refractivity contribution is -0.121. The number of aryl methyl sites for hydroxylation is 2. The van der Waals surface area contributed by atoms with Gasteiger partial charge in [-0.05, 0) is 43.4 Å². The van der Waals surface area contributed by atoms with E-state index in [1.54, 1.807) is 24.0 Å². The topological polar surface area (TPSA) is 77.6 Å². The molecule has 0 aliphatic heterocycles. The summed E-state index contributed by atoms with van der Waals surface area (Å²) >= 11 is 0. The molecular weight excluding hydrogens is 344 g/mol. The molecule has 7 heteroatoms. The summed E-state index contributed by atoms with van der Waals surface area (Å²) in [5.74, 6) is 0.569. The predicted octanol–water partition coefficient (Wildman–Crippen LogP) is 1.70. The van der Waals surface area contributed by atoms with Crippen molar-refractivity contribution >= 4 is 11.4 Å². The van der Waals surface area contributed by atoms with Gasteiger partial charge in [0.05, 0.1) is 12.8 Å². The maximum absolute atomic E-state index is 12.9. The standard InChI is InChI=1S/C20H22N4O3/c1-27-15-8-6-14(7-9-15)12-21-18(25)13-23-10-11-24-19(20(23)26)16-4-2-3-5-17(16)22-24/h6-11H,2-5,12-13H2,1H3,(H,21,25). The van der Waals surface area contributed by atoms with Crippen LogP contribution in [0.15, 0.2) is 41.5 Å². The minimum atomic E-state index is -0.203. The maximum atomic E-state index is 12.9. The Kier molecular flexibility index (Phi) is 4.66. The number of hydrogen-bond donors (Lipinski definition) is 1. The molecule has 0 radical (unpaired) electrons. The normalized spacial score (nSPS) is 13.4. The first-order valence-electron chi connectivity index (χ1n) is 9.15. The second-order valence-corrected chi connectivity index (χ2v) is 6.78. The number of carbonyl (C=O) groups is 1. The van der Waals surface area contributed by atoms with Crippen molar-refractivity contribution in [3.63, 3.8) is 0 Å². The van der Waals surface area contributed by atoms with Crippen LogP contribution in [-0.4, -0.2) is 27.2 Å². The summed E-state index contributed by atoms with van der Waals surface area (Å²) in [6.07, 6.45) is 7.36. The monoisotopic (exact) mass is 366 g/mol. The van der Waals surface area contributed by atoms with Gasteiger partial charge in [-0.1, -0.05) is 12.1 Å². The SMILES string of the molecule is COc1ccc(CNC(=O)Cn2ccn3nc4c(c3c2=O)CCCC4)cc1. The lowest BCUT2D eigenvalue weighted by Crippen LogP contribution is -2.32. The van der Waals surface area contributed by atoms with E-state index in [-0.39, 0.29) is 18.0 Å². The van der Waals surface area contributed by atoms with E-state index >= 15 is 0 Å². The number of aromatic nitrogens is 3. The van der Waals surface area contributed by atoms with Crippen LogP contribution in [-0.2, 0) is 30.7 Å². The largest absolute Gasteiger partial charge is 0.497 e. The molecule has 0 fully saturated rings. The molecule has 7 nitrogen and oxygen atoms in total. The van der Waals surface area contributed by atoms with E-state index in [0.29, 0.717) is 12.1 Å². The van der Waals surface area contributed by atoms with Crippen LogP contribution in [0.5, 0.6) is 5.75 Å². The summed E-state index contributed by atoms with van der Waals surface area (Å²) in [6.45, 7) is 0.396. The highest BCUT2D eigenvalue weighted by atomic mass is 16.5. The van der Waals surface area contributed by atoms with Gasteiger partial charge in [-0.25, -0.2) is 4.52 Å². The molecule has 0 atom stereocenters. The minimum absolute atomic E-state index is 0.00849. The molecule has 1 amide bonds. The summed E-state index contributed by atoms with van der Waals surface area (Å²) in [6, 6.07) is 7.50. The van der Waals surface area contributed by atoms with Crippen molar-refractivity contribution in [3.05, 3.63) is 63.8 Å². The summed E-state index contributed by atoms with van der Waals surface area (Å²) < 4.78 is 8.23. The van der Waals surface area contributed by atoms with Gasteiger partial charge in [-0.2, -0.15) is 5.10 Å². The Morgan fingerprint density at radius 3 is 2.74 bits per heavy atom. The first-order chi connectivity index (χ1) is 13.2. The fourth-order valence-corrected chi connectivity index (χ4v) is 3.53. The lowest BCUT2D eigenvalue weighted by atomic mass is 9.97. The summed E-state index contributed by atoms with van der Waals surface area (Å²) in [5, 5.41) is 7.37. The number of ether oxygens (including phenoxy) is 1. The molecule has 0 spiro atoms. The third-order valence-electron chi connectivity index (χ3n) is 5.00. The van der Waals surface area contributed by atoms with Crippen LogP contribution in [0.1, 0.15) is 29.7 Å². The first kappa shape index (κ1) is 17.3. The van der Waals surface area contributed by atoms with E-state index in [1.807, 2.05) is 24.3 Å². The molecule has 2 heterocycles. The number of benzene rings is 1. The fourth-order valence-electron chi connectivity index (χ4n) is 3.53. The van der Waals surface area contributed by atoms with Gasteiger partial charge in [0.1, 0.15) is 17.8 Å².